The Morgan fingerprint density at radius 2 is 2.08 bits per heavy atom. The van der Waals surface area contributed by atoms with Gasteiger partial charge >= 0.3 is 6.03 Å². The summed E-state index contributed by atoms with van der Waals surface area (Å²) >= 11 is 6.17. The molecule has 130 valence electrons. The Kier molecular flexibility index (Phi) is 3.43. The Balaban J connectivity index is 1.95. The number of aromatic nitrogens is 3. The summed E-state index contributed by atoms with van der Waals surface area (Å²) in [4.78, 5) is 27.6. The monoisotopic (exact) mass is 364 g/mol. The first-order valence-electron chi connectivity index (χ1n) is 7.69. The summed E-state index contributed by atoms with van der Waals surface area (Å²) in [5.41, 5.74) is 0.0893. The van der Waals surface area contributed by atoms with E-state index in [9.17, 15) is 14.0 Å². The fourth-order valence-corrected chi connectivity index (χ4v) is 3.67. The maximum atomic E-state index is 14.4. The number of anilines is 1. The number of imide groups is 1. The number of hydrogen-bond donors (Lipinski definition) is 1. The number of hydrogen-bond acceptors (Lipinski definition) is 5. The van der Waals surface area contributed by atoms with Crippen LogP contribution in [-0.4, -0.2) is 51.2 Å². The van der Waals surface area contributed by atoms with Crippen LogP contribution in [0.5, 0.6) is 0 Å². The SMILES string of the molecule is CCN1c2nnc(-c3c(F)cccc3Cl)n2C2C1C(=O)NC(=O)N2C. The van der Waals surface area contributed by atoms with Gasteiger partial charge in [-0.1, -0.05) is 17.7 Å². The standard InChI is InChI=1S/C15H14ClFN6O2/c1-3-22-10-12(24)18-15(25)21(2)13(10)23-11(19-20-14(22)23)9-7(16)5-4-6-8(9)17/h4-6,10,13H,3H2,1-2H3,(H,18,24,25). The van der Waals surface area contributed by atoms with E-state index in [1.54, 1.807) is 22.6 Å². The highest BCUT2D eigenvalue weighted by Gasteiger charge is 2.52. The average Bonchev–Trinajstić information content (AvgIpc) is 3.11. The number of benzene rings is 1. The number of fused-ring (bicyclic) bond motifs is 3. The zero-order valence-electron chi connectivity index (χ0n) is 13.4. The van der Waals surface area contributed by atoms with Crippen LogP contribution in [0.3, 0.4) is 0 Å². The van der Waals surface area contributed by atoms with E-state index in [1.807, 2.05) is 6.92 Å². The first-order valence-corrected chi connectivity index (χ1v) is 8.07. The highest BCUT2D eigenvalue weighted by molar-refractivity contribution is 6.33. The third-order valence-corrected chi connectivity index (χ3v) is 4.88. The molecule has 0 radical (unpaired) electrons. The molecule has 4 rings (SSSR count). The Labute approximate surface area is 147 Å². The van der Waals surface area contributed by atoms with Crippen molar-refractivity contribution >= 4 is 29.5 Å². The summed E-state index contributed by atoms with van der Waals surface area (Å²) in [6.07, 6.45) is -0.683. The normalized spacial score (nSPS) is 22.1. The molecule has 0 aliphatic carbocycles. The van der Waals surface area contributed by atoms with Crippen LogP contribution in [0.2, 0.25) is 5.02 Å². The molecule has 2 aliphatic rings. The predicted molar refractivity (Wildman–Crippen MR) is 87.6 cm³/mol. The second kappa shape index (κ2) is 5.41. The van der Waals surface area contributed by atoms with Gasteiger partial charge in [-0.3, -0.25) is 14.7 Å². The molecule has 1 saturated heterocycles. The molecule has 8 nitrogen and oxygen atoms in total. The lowest BCUT2D eigenvalue weighted by Crippen LogP contribution is -2.61. The molecule has 25 heavy (non-hydrogen) atoms. The second-order valence-corrected chi connectivity index (χ2v) is 6.25. The van der Waals surface area contributed by atoms with Gasteiger partial charge in [-0.2, -0.15) is 0 Å². The van der Waals surface area contributed by atoms with Gasteiger partial charge in [0.25, 0.3) is 5.91 Å². The lowest BCUT2D eigenvalue weighted by molar-refractivity contribution is -0.124. The van der Waals surface area contributed by atoms with E-state index in [1.165, 1.54) is 17.0 Å². The molecule has 2 unspecified atom stereocenters. The molecule has 1 aromatic heterocycles. The van der Waals surface area contributed by atoms with E-state index in [-0.39, 0.29) is 16.4 Å². The number of halogens is 2. The van der Waals surface area contributed by atoms with Crippen LogP contribution in [0.4, 0.5) is 15.1 Å². The van der Waals surface area contributed by atoms with Crippen molar-refractivity contribution in [2.45, 2.75) is 19.1 Å². The second-order valence-electron chi connectivity index (χ2n) is 5.84. The van der Waals surface area contributed by atoms with E-state index in [4.69, 9.17) is 11.6 Å². The lowest BCUT2D eigenvalue weighted by atomic mass is 10.1. The summed E-state index contributed by atoms with van der Waals surface area (Å²) in [5, 5.41) is 10.7. The molecular weight excluding hydrogens is 351 g/mol. The van der Waals surface area contributed by atoms with Crippen molar-refractivity contribution < 1.29 is 14.0 Å². The van der Waals surface area contributed by atoms with Gasteiger partial charge < -0.3 is 9.80 Å². The molecule has 10 heteroatoms. The Morgan fingerprint density at radius 1 is 1.32 bits per heavy atom. The Hall–Kier alpha value is -2.68. The van der Waals surface area contributed by atoms with Crippen LogP contribution >= 0.6 is 11.6 Å². The average molecular weight is 365 g/mol. The summed E-state index contributed by atoms with van der Waals surface area (Å²) in [5.74, 6) is -0.406. The zero-order chi connectivity index (χ0) is 17.9. The zero-order valence-corrected chi connectivity index (χ0v) is 14.2. The van der Waals surface area contributed by atoms with Gasteiger partial charge in [0.2, 0.25) is 5.95 Å². The molecule has 2 aromatic rings. The first-order chi connectivity index (χ1) is 12.0. The molecule has 1 N–H and O–H groups in total. The highest BCUT2D eigenvalue weighted by Crippen LogP contribution is 2.42. The minimum Gasteiger partial charge on any atom is -0.325 e. The molecule has 3 amide bonds. The van der Waals surface area contributed by atoms with Crippen molar-refractivity contribution in [2.75, 3.05) is 18.5 Å². The number of likely N-dealkylation sites (N-methyl/N-ethyl adjacent to an activating group) is 2. The van der Waals surface area contributed by atoms with Gasteiger partial charge in [-0.15, -0.1) is 10.2 Å². The van der Waals surface area contributed by atoms with Crippen molar-refractivity contribution in [2.24, 2.45) is 0 Å². The van der Waals surface area contributed by atoms with Crippen molar-refractivity contribution in [1.82, 2.24) is 25.0 Å². The van der Waals surface area contributed by atoms with Gasteiger partial charge in [0, 0.05) is 13.6 Å². The first kappa shape index (κ1) is 15.8. The van der Waals surface area contributed by atoms with Crippen molar-refractivity contribution in [1.29, 1.82) is 0 Å². The fourth-order valence-electron chi connectivity index (χ4n) is 3.42. The lowest BCUT2D eigenvalue weighted by Gasteiger charge is -2.36. The van der Waals surface area contributed by atoms with E-state index in [0.717, 1.165) is 0 Å². The molecule has 1 aromatic carbocycles. The van der Waals surface area contributed by atoms with Gasteiger partial charge in [0.1, 0.15) is 12.0 Å². The van der Waals surface area contributed by atoms with Crippen molar-refractivity contribution in [3.05, 3.63) is 29.0 Å². The molecule has 3 heterocycles. The van der Waals surface area contributed by atoms with Crippen LogP contribution in [-0.2, 0) is 4.79 Å². The Bertz CT molecular complexity index is 880. The maximum absolute atomic E-state index is 14.4. The quantitative estimate of drug-likeness (QED) is 0.875. The molecular formula is C15H14ClFN6O2. The van der Waals surface area contributed by atoms with E-state index in [0.29, 0.717) is 12.5 Å². The largest absolute Gasteiger partial charge is 0.325 e. The van der Waals surface area contributed by atoms with Crippen molar-refractivity contribution in [3.8, 4) is 11.4 Å². The summed E-state index contributed by atoms with van der Waals surface area (Å²) in [6, 6.07) is 3.12. The number of nitrogens with zero attached hydrogens (tertiary/aromatic N) is 5. The molecule has 2 aliphatic heterocycles. The number of carbonyl (C=O) groups excluding carboxylic acids is 2. The topological polar surface area (TPSA) is 83.4 Å². The fraction of sp³-hybridized carbons (Fsp3) is 0.333. The maximum Gasteiger partial charge on any atom is 0.325 e. The van der Waals surface area contributed by atoms with Crippen LogP contribution in [0.1, 0.15) is 13.1 Å². The number of nitrogens with one attached hydrogen (secondary N) is 1. The summed E-state index contributed by atoms with van der Waals surface area (Å²) in [7, 11) is 1.56. The predicted octanol–water partition coefficient (Wildman–Crippen LogP) is 1.63. The number of carbonyl (C=O) groups is 2. The Morgan fingerprint density at radius 3 is 2.76 bits per heavy atom. The van der Waals surface area contributed by atoms with E-state index < -0.39 is 30.0 Å². The summed E-state index contributed by atoms with van der Waals surface area (Å²) in [6.45, 7) is 2.33. The van der Waals surface area contributed by atoms with E-state index >= 15 is 0 Å². The summed E-state index contributed by atoms with van der Waals surface area (Å²) < 4.78 is 16.0. The van der Waals surface area contributed by atoms with E-state index in [2.05, 4.69) is 15.5 Å². The number of urea groups is 1. The smallest absolute Gasteiger partial charge is 0.325 e. The molecule has 1 fully saturated rings. The molecule has 0 spiro atoms. The van der Waals surface area contributed by atoms with Crippen LogP contribution in [0.15, 0.2) is 18.2 Å². The van der Waals surface area contributed by atoms with Gasteiger partial charge in [-0.25, -0.2) is 9.18 Å². The highest BCUT2D eigenvalue weighted by atomic mass is 35.5. The molecule has 0 saturated carbocycles. The minimum atomic E-state index is -0.683. The van der Waals surface area contributed by atoms with Crippen LogP contribution < -0.4 is 10.2 Å². The van der Waals surface area contributed by atoms with Gasteiger partial charge in [0.05, 0.1) is 10.6 Å². The van der Waals surface area contributed by atoms with Gasteiger partial charge in [-0.05, 0) is 19.1 Å². The van der Waals surface area contributed by atoms with Crippen LogP contribution in [0.25, 0.3) is 11.4 Å². The molecule has 0 bridgehead atoms. The minimum absolute atomic E-state index is 0.0893. The van der Waals surface area contributed by atoms with Crippen molar-refractivity contribution in [3.63, 3.8) is 0 Å². The third-order valence-electron chi connectivity index (χ3n) is 4.56. The number of amides is 3. The number of rotatable bonds is 2. The molecule has 2 atom stereocenters. The van der Waals surface area contributed by atoms with Gasteiger partial charge in [0.15, 0.2) is 11.9 Å². The third kappa shape index (κ3) is 2.05. The van der Waals surface area contributed by atoms with Crippen LogP contribution in [0, 0.1) is 5.82 Å².